The number of benzene rings is 1. The van der Waals surface area contributed by atoms with Gasteiger partial charge in [-0.1, -0.05) is 12.1 Å². The molecule has 2 fully saturated rings. The Balaban J connectivity index is 0.00000182. The number of nitrogens with one attached hydrogen (secondary N) is 1. The Hall–Kier alpha value is -1.79. The normalized spacial score (nSPS) is 27.4. The molecule has 2 saturated heterocycles. The van der Waals surface area contributed by atoms with Crippen LogP contribution in [0.2, 0.25) is 0 Å². The van der Waals surface area contributed by atoms with Crippen LogP contribution >= 0.6 is 12.4 Å². The molecule has 25 heavy (non-hydrogen) atoms. The smallest absolute Gasteiger partial charge is 0.267 e. The van der Waals surface area contributed by atoms with Gasteiger partial charge in [-0.05, 0) is 30.9 Å². The highest BCUT2D eigenvalue weighted by molar-refractivity contribution is 6.00. The number of halogens is 1. The summed E-state index contributed by atoms with van der Waals surface area (Å²) in [5, 5.41) is 3.38. The highest BCUT2D eigenvalue weighted by Gasteiger charge is 2.38. The van der Waals surface area contributed by atoms with Gasteiger partial charge in [-0.2, -0.15) is 0 Å². The monoisotopic (exact) mass is 365 g/mol. The summed E-state index contributed by atoms with van der Waals surface area (Å²) in [5.74, 6) is 1.97. The maximum atomic E-state index is 12.6. The maximum Gasteiger partial charge on any atom is 0.267 e. The number of carbonyl (C=O) groups excluding carboxylic acids is 2. The fraction of sp³-hybridized carbons (Fsp3) is 0.556. The van der Waals surface area contributed by atoms with Crippen molar-refractivity contribution in [2.24, 2.45) is 11.8 Å². The molecule has 1 aromatic carbocycles. The van der Waals surface area contributed by atoms with Crippen molar-refractivity contribution in [3.63, 3.8) is 0 Å². The Morgan fingerprint density at radius 3 is 2.64 bits per heavy atom. The summed E-state index contributed by atoms with van der Waals surface area (Å²) >= 11 is 0. The molecule has 1 unspecified atom stereocenters. The molecule has 1 N–H and O–H groups in total. The molecule has 0 saturated carbocycles. The van der Waals surface area contributed by atoms with Crippen LogP contribution in [0.1, 0.15) is 13.3 Å². The van der Waals surface area contributed by atoms with E-state index in [4.69, 9.17) is 4.74 Å². The highest BCUT2D eigenvalue weighted by atomic mass is 35.5. The second-order valence-corrected chi connectivity index (χ2v) is 6.94. The number of hydrogen-bond acceptors (Lipinski definition) is 4. The SMILES string of the molecule is CC1Oc2ccccc2N(CCC(=O)N2C[C@H]3CNC[C@H]3C2)C1=O.Cl. The van der Waals surface area contributed by atoms with Crippen LogP contribution in [-0.4, -0.2) is 55.5 Å². The second-order valence-electron chi connectivity index (χ2n) is 6.94. The third-order valence-corrected chi connectivity index (χ3v) is 5.37. The molecule has 1 aromatic rings. The lowest BCUT2D eigenvalue weighted by Gasteiger charge is -2.33. The zero-order valence-corrected chi connectivity index (χ0v) is 15.1. The number of fused-ring (bicyclic) bond motifs is 2. The molecule has 3 atom stereocenters. The van der Waals surface area contributed by atoms with Crippen LogP contribution in [0, 0.1) is 11.8 Å². The molecule has 3 aliphatic heterocycles. The van der Waals surface area contributed by atoms with E-state index in [9.17, 15) is 9.59 Å². The Morgan fingerprint density at radius 1 is 1.24 bits per heavy atom. The molecule has 0 spiro atoms. The molecule has 0 aliphatic carbocycles. The lowest BCUT2D eigenvalue weighted by Crippen LogP contribution is -2.46. The topological polar surface area (TPSA) is 61.9 Å². The van der Waals surface area contributed by atoms with Gasteiger partial charge in [-0.25, -0.2) is 0 Å². The van der Waals surface area contributed by atoms with Gasteiger partial charge in [-0.15, -0.1) is 12.4 Å². The van der Waals surface area contributed by atoms with E-state index in [0.717, 1.165) is 31.9 Å². The minimum Gasteiger partial charge on any atom is -0.479 e. The van der Waals surface area contributed by atoms with Crippen molar-refractivity contribution < 1.29 is 14.3 Å². The quantitative estimate of drug-likeness (QED) is 0.876. The number of carbonyl (C=O) groups is 2. The molecule has 3 aliphatic rings. The van der Waals surface area contributed by atoms with Gasteiger partial charge in [0.15, 0.2) is 6.10 Å². The standard InChI is InChI=1S/C18H23N3O3.ClH/c1-12-18(23)21(15-4-2-3-5-16(15)24-12)7-6-17(22)20-10-13-8-19-9-14(13)11-20;/h2-5,12-14,19H,6-11H2,1H3;1H/t12?,13-,14+;. The lowest BCUT2D eigenvalue weighted by atomic mass is 10.0. The van der Waals surface area contributed by atoms with Crippen LogP contribution in [0.3, 0.4) is 0 Å². The average Bonchev–Trinajstić information content (AvgIpc) is 3.17. The Kier molecular flexibility index (Phi) is 5.20. The summed E-state index contributed by atoms with van der Waals surface area (Å²) in [7, 11) is 0. The number of likely N-dealkylation sites (tertiary alicyclic amines) is 1. The average molecular weight is 366 g/mol. The van der Waals surface area contributed by atoms with Gasteiger partial charge >= 0.3 is 0 Å². The van der Waals surface area contributed by atoms with Crippen molar-refractivity contribution in [1.82, 2.24) is 10.2 Å². The largest absolute Gasteiger partial charge is 0.479 e. The molecule has 3 heterocycles. The van der Waals surface area contributed by atoms with Gasteiger partial charge in [0, 0.05) is 39.1 Å². The molecule has 0 radical (unpaired) electrons. The van der Waals surface area contributed by atoms with Gasteiger partial charge in [0.2, 0.25) is 5.91 Å². The van der Waals surface area contributed by atoms with Crippen molar-refractivity contribution in [2.75, 3.05) is 37.6 Å². The number of anilines is 1. The summed E-state index contributed by atoms with van der Waals surface area (Å²) in [5.41, 5.74) is 0.760. The zero-order chi connectivity index (χ0) is 16.7. The maximum absolute atomic E-state index is 12.6. The molecule has 0 bridgehead atoms. The third kappa shape index (κ3) is 3.33. The Morgan fingerprint density at radius 2 is 1.92 bits per heavy atom. The van der Waals surface area contributed by atoms with E-state index < -0.39 is 6.10 Å². The van der Waals surface area contributed by atoms with Gasteiger partial charge in [-0.3, -0.25) is 9.59 Å². The van der Waals surface area contributed by atoms with Crippen molar-refractivity contribution in [2.45, 2.75) is 19.4 Å². The first-order valence-electron chi connectivity index (χ1n) is 8.69. The van der Waals surface area contributed by atoms with Crippen LogP contribution in [-0.2, 0) is 9.59 Å². The highest BCUT2D eigenvalue weighted by Crippen LogP contribution is 2.34. The number of amides is 2. The number of nitrogens with zero attached hydrogens (tertiary/aromatic N) is 2. The molecular weight excluding hydrogens is 342 g/mol. The zero-order valence-electron chi connectivity index (χ0n) is 14.3. The first-order valence-corrected chi connectivity index (χ1v) is 8.69. The minimum atomic E-state index is -0.507. The van der Waals surface area contributed by atoms with Gasteiger partial charge < -0.3 is 19.9 Å². The summed E-state index contributed by atoms with van der Waals surface area (Å²) in [6.07, 6.45) is -0.146. The van der Waals surface area contributed by atoms with E-state index in [0.29, 0.717) is 30.6 Å². The number of ether oxygens (including phenoxy) is 1. The molecular formula is C18H24ClN3O3. The van der Waals surface area contributed by atoms with E-state index in [2.05, 4.69) is 5.32 Å². The number of rotatable bonds is 3. The van der Waals surface area contributed by atoms with Crippen LogP contribution in [0.15, 0.2) is 24.3 Å². The molecule has 6 nitrogen and oxygen atoms in total. The molecule has 4 rings (SSSR count). The van der Waals surface area contributed by atoms with E-state index in [1.807, 2.05) is 29.2 Å². The van der Waals surface area contributed by atoms with Gasteiger partial charge in [0.25, 0.3) is 5.91 Å². The van der Waals surface area contributed by atoms with Crippen molar-refractivity contribution in [3.8, 4) is 5.75 Å². The lowest BCUT2D eigenvalue weighted by molar-refractivity contribution is -0.130. The third-order valence-electron chi connectivity index (χ3n) is 5.37. The van der Waals surface area contributed by atoms with Crippen molar-refractivity contribution in [3.05, 3.63) is 24.3 Å². The van der Waals surface area contributed by atoms with E-state index in [1.165, 1.54) is 0 Å². The Bertz CT molecular complexity index is 657. The van der Waals surface area contributed by atoms with Crippen LogP contribution in [0.4, 0.5) is 5.69 Å². The van der Waals surface area contributed by atoms with Crippen LogP contribution < -0.4 is 15.0 Å². The second kappa shape index (κ2) is 7.22. The number of para-hydroxylation sites is 2. The fourth-order valence-corrected chi connectivity index (χ4v) is 4.01. The van der Waals surface area contributed by atoms with Crippen molar-refractivity contribution in [1.29, 1.82) is 0 Å². The summed E-state index contributed by atoms with van der Waals surface area (Å²) in [6, 6.07) is 7.51. The van der Waals surface area contributed by atoms with Crippen LogP contribution in [0.5, 0.6) is 5.75 Å². The molecule has 7 heteroatoms. The van der Waals surface area contributed by atoms with Crippen molar-refractivity contribution >= 4 is 29.9 Å². The Labute approximate surface area is 153 Å². The molecule has 0 aromatic heterocycles. The predicted octanol–water partition coefficient (Wildman–Crippen LogP) is 1.29. The first-order chi connectivity index (χ1) is 11.6. The summed E-state index contributed by atoms with van der Waals surface area (Å²) in [6.45, 7) is 5.89. The summed E-state index contributed by atoms with van der Waals surface area (Å²) in [4.78, 5) is 28.7. The molecule has 136 valence electrons. The molecule has 2 amide bonds. The predicted molar refractivity (Wildman–Crippen MR) is 97.2 cm³/mol. The van der Waals surface area contributed by atoms with E-state index in [1.54, 1.807) is 11.8 Å². The summed E-state index contributed by atoms with van der Waals surface area (Å²) < 4.78 is 5.64. The fourth-order valence-electron chi connectivity index (χ4n) is 4.01. The van der Waals surface area contributed by atoms with E-state index >= 15 is 0 Å². The van der Waals surface area contributed by atoms with Crippen LogP contribution in [0.25, 0.3) is 0 Å². The van der Waals surface area contributed by atoms with Gasteiger partial charge in [0.05, 0.1) is 5.69 Å². The van der Waals surface area contributed by atoms with Gasteiger partial charge in [0.1, 0.15) is 5.75 Å². The minimum absolute atomic E-state index is 0. The number of hydrogen-bond donors (Lipinski definition) is 1. The van der Waals surface area contributed by atoms with E-state index in [-0.39, 0.29) is 24.2 Å². The first kappa shape index (κ1) is 18.0.